The number of benzene rings is 2. The predicted octanol–water partition coefficient (Wildman–Crippen LogP) is 4.33. The summed E-state index contributed by atoms with van der Waals surface area (Å²) in [5.41, 5.74) is 2.65. The van der Waals surface area contributed by atoms with Crippen molar-refractivity contribution < 1.29 is 9.59 Å². The normalized spacial score (nSPS) is 16.5. The monoisotopic (exact) mass is 346 g/mol. The zero-order valence-electron chi connectivity index (χ0n) is 12.6. The highest BCUT2D eigenvalue weighted by molar-refractivity contribution is 8.00. The van der Waals surface area contributed by atoms with Gasteiger partial charge in [0.1, 0.15) is 0 Å². The van der Waals surface area contributed by atoms with Gasteiger partial charge in [0.05, 0.1) is 10.9 Å². The lowest BCUT2D eigenvalue weighted by atomic mass is 10.1. The molecule has 0 saturated heterocycles. The van der Waals surface area contributed by atoms with E-state index in [2.05, 4.69) is 10.6 Å². The van der Waals surface area contributed by atoms with Crippen LogP contribution in [-0.4, -0.2) is 17.1 Å². The Morgan fingerprint density at radius 3 is 2.87 bits per heavy atom. The van der Waals surface area contributed by atoms with Crippen molar-refractivity contribution in [2.24, 2.45) is 0 Å². The van der Waals surface area contributed by atoms with Gasteiger partial charge in [-0.15, -0.1) is 11.8 Å². The Bertz CT molecular complexity index is 807. The van der Waals surface area contributed by atoms with Gasteiger partial charge < -0.3 is 10.6 Å². The summed E-state index contributed by atoms with van der Waals surface area (Å²) < 4.78 is 0. The highest BCUT2D eigenvalue weighted by atomic mass is 35.5. The molecule has 1 unspecified atom stereocenters. The Morgan fingerprint density at radius 2 is 2.09 bits per heavy atom. The van der Waals surface area contributed by atoms with Crippen molar-refractivity contribution in [3.8, 4) is 0 Å². The maximum absolute atomic E-state index is 12.4. The number of rotatable bonds is 2. The third kappa shape index (κ3) is 3.21. The molecule has 0 saturated carbocycles. The van der Waals surface area contributed by atoms with Crippen molar-refractivity contribution in [2.45, 2.75) is 24.0 Å². The highest BCUT2D eigenvalue weighted by Crippen LogP contribution is 2.36. The Kier molecular flexibility index (Phi) is 4.33. The summed E-state index contributed by atoms with van der Waals surface area (Å²) in [7, 11) is 0. The molecular formula is C17H15ClN2O2S. The van der Waals surface area contributed by atoms with E-state index in [0.717, 1.165) is 10.5 Å². The van der Waals surface area contributed by atoms with Gasteiger partial charge in [-0.1, -0.05) is 17.7 Å². The molecule has 0 radical (unpaired) electrons. The van der Waals surface area contributed by atoms with E-state index in [4.69, 9.17) is 11.6 Å². The van der Waals surface area contributed by atoms with Gasteiger partial charge in [0.25, 0.3) is 5.91 Å². The van der Waals surface area contributed by atoms with Crippen molar-refractivity contribution in [3.63, 3.8) is 0 Å². The minimum Gasteiger partial charge on any atom is -0.324 e. The molecule has 23 heavy (non-hydrogen) atoms. The maximum atomic E-state index is 12.4. The molecule has 2 aromatic carbocycles. The first-order valence-electron chi connectivity index (χ1n) is 7.14. The van der Waals surface area contributed by atoms with Crippen LogP contribution in [0.5, 0.6) is 0 Å². The van der Waals surface area contributed by atoms with E-state index in [1.54, 1.807) is 30.3 Å². The summed E-state index contributed by atoms with van der Waals surface area (Å²) in [5, 5.41) is 6.15. The average molecular weight is 347 g/mol. The number of fused-ring (bicyclic) bond motifs is 1. The zero-order valence-corrected chi connectivity index (χ0v) is 14.2. The van der Waals surface area contributed by atoms with E-state index in [-0.39, 0.29) is 17.1 Å². The van der Waals surface area contributed by atoms with Gasteiger partial charge in [-0.25, -0.2) is 0 Å². The van der Waals surface area contributed by atoms with Crippen LogP contribution in [0.25, 0.3) is 0 Å². The molecule has 1 heterocycles. The minimum atomic E-state index is -0.240. The molecule has 0 fully saturated rings. The molecule has 0 aliphatic carbocycles. The van der Waals surface area contributed by atoms with Crippen LogP contribution in [0.3, 0.4) is 0 Å². The van der Waals surface area contributed by atoms with E-state index in [1.807, 2.05) is 19.9 Å². The number of amides is 2. The fourth-order valence-electron chi connectivity index (χ4n) is 2.29. The first-order valence-corrected chi connectivity index (χ1v) is 8.39. The smallest absolute Gasteiger partial charge is 0.255 e. The Morgan fingerprint density at radius 1 is 1.30 bits per heavy atom. The minimum absolute atomic E-state index is 0.0502. The first kappa shape index (κ1) is 15.9. The second kappa shape index (κ2) is 6.26. The third-order valence-corrected chi connectivity index (χ3v) is 5.28. The van der Waals surface area contributed by atoms with Crippen LogP contribution >= 0.6 is 23.4 Å². The van der Waals surface area contributed by atoms with Crippen molar-refractivity contribution in [1.29, 1.82) is 0 Å². The van der Waals surface area contributed by atoms with Gasteiger partial charge in [-0.2, -0.15) is 0 Å². The van der Waals surface area contributed by atoms with Gasteiger partial charge in [0, 0.05) is 21.2 Å². The summed E-state index contributed by atoms with van der Waals surface area (Å²) in [6.07, 6.45) is 0. The molecule has 0 aromatic heterocycles. The van der Waals surface area contributed by atoms with E-state index in [9.17, 15) is 9.59 Å². The van der Waals surface area contributed by atoms with Crippen molar-refractivity contribution in [3.05, 3.63) is 52.5 Å². The van der Waals surface area contributed by atoms with Crippen molar-refractivity contribution in [2.75, 3.05) is 10.6 Å². The number of carbonyl (C=O) groups is 2. The third-order valence-electron chi connectivity index (χ3n) is 3.69. The van der Waals surface area contributed by atoms with Gasteiger partial charge in [-0.05, 0) is 49.7 Å². The van der Waals surface area contributed by atoms with Crippen LogP contribution in [-0.2, 0) is 4.79 Å². The molecule has 2 N–H and O–H groups in total. The lowest BCUT2D eigenvalue weighted by Crippen LogP contribution is -2.26. The number of anilines is 2. The van der Waals surface area contributed by atoms with Gasteiger partial charge in [0.2, 0.25) is 5.91 Å². The summed E-state index contributed by atoms with van der Waals surface area (Å²) in [6, 6.07) is 10.7. The van der Waals surface area contributed by atoms with Gasteiger partial charge in [0.15, 0.2) is 0 Å². The van der Waals surface area contributed by atoms with Crippen LogP contribution in [0, 0.1) is 6.92 Å². The number of nitrogens with one attached hydrogen (secondary N) is 2. The number of halogens is 1. The van der Waals surface area contributed by atoms with Crippen molar-refractivity contribution in [1.82, 2.24) is 0 Å². The van der Waals surface area contributed by atoms with Crippen LogP contribution < -0.4 is 10.6 Å². The molecule has 2 amide bonds. The molecule has 3 rings (SSSR count). The second-order valence-electron chi connectivity index (χ2n) is 5.33. The van der Waals surface area contributed by atoms with Crippen LogP contribution in [0.4, 0.5) is 11.4 Å². The molecule has 118 valence electrons. The lowest BCUT2D eigenvalue weighted by molar-refractivity contribution is -0.115. The summed E-state index contributed by atoms with van der Waals surface area (Å²) in [5.74, 6) is -0.290. The molecular weight excluding hydrogens is 332 g/mol. The Balaban J connectivity index is 1.85. The van der Waals surface area contributed by atoms with Crippen LogP contribution in [0.2, 0.25) is 5.02 Å². The fourth-order valence-corrected chi connectivity index (χ4v) is 3.39. The predicted molar refractivity (Wildman–Crippen MR) is 94.5 cm³/mol. The molecule has 6 heteroatoms. The van der Waals surface area contributed by atoms with E-state index < -0.39 is 0 Å². The van der Waals surface area contributed by atoms with Gasteiger partial charge >= 0.3 is 0 Å². The Labute approximate surface area is 143 Å². The van der Waals surface area contributed by atoms with Crippen LogP contribution in [0.1, 0.15) is 22.8 Å². The topological polar surface area (TPSA) is 58.2 Å². The second-order valence-corrected chi connectivity index (χ2v) is 7.12. The molecule has 2 aromatic rings. The first-order chi connectivity index (χ1) is 11.0. The molecule has 4 nitrogen and oxygen atoms in total. The van der Waals surface area contributed by atoms with E-state index >= 15 is 0 Å². The number of hydrogen-bond donors (Lipinski definition) is 2. The van der Waals surface area contributed by atoms with Crippen LogP contribution in [0.15, 0.2) is 41.3 Å². The molecule has 1 aliphatic rings. The standard InChI is InChI=1S/C17H15ClN2O2S/c1-9-12(18)4-3-5-13(9)19-17(22)11-6-7-15-14(8-11)20-16(21)10(2)23-15/h3-8,10H,1-2H3,(H,19,22)(H,20,21). The molecule has 0 spiro atoms. The number of thioether (sulfide) groups is 1. The number of carbonyl (C=O) groups excluding carboxylic acids is 2. The molecule has 1 aliphatic heterocycles. The number of hydrogen-bond acceptors (Lipinski definition) is 3. The van der Waals surface area contributed by atoms with E-state index in [0.29, 0.717) is 22.0 Å². The highest BCUT2D eigenvalue weighted by Gasteiger charge is 2.23. The average Bonchev–Trinajstić information content (AvgIpc) is 2.52. The summed E-state index contributed by atoms with van der Waals surface area (Å²) >= 11 is 7.55. The van der Waals surface area contributed by atoms with Gasteiger partial charge in [-0.3, -0.25) is 9.59 Å². The van der Waals surface area contributed by atoms with Crippen molar-refractivity contribution >= 4 is 46.6 Å². The zero-order chi connectivity index (χ0) is 16.6. The Hall–Kier alpha value is -1.98. The van der Waals surface area contributed by atoms with E-state index in [1.165, 1.54) is 11.8 Å². The summed E-state index contributed by atoms with van der Waals surface area (Å²) in [6.45, 7) is 3.70. The SMILES string of the molecule is Cc1c(Cl)cccc1NC(=O)c1ccc2c(c1)NC(=O)C(C)S2. The molecule has 0 bridgehead atoms. The fraction of sp³-hybridized carbons (Fsp3) is 0.176. The largest absolute Gasteiger partial charge is 0.324 e. The summed E-state index contributed by atoms with van der Waals surface area (Å²) in [4.78, 5) is 25.2. The lowest BCUT2D eigenvalue weighted by Gasteiger charge is -2.21. The quantitative estimate of drug-likeness (QED) is 0.850. The molecule has 1 atom stereocenters. The maximum Gasteiger partial charge on any atom is 0.255 e.